The van der Waals surface area contributed by atoms with Crippen LogP contribution < -0.4 is 26.7 Å². The molecule has 1 saturated heterocycles. The zero-order valence-corrected chi connectivity index (χ0v) is 21.8. The van der Waals surface area contributed by atoms with Gasteiger partial charge in [0.15, 0.2) is 11.6 Å². The van der Waals surface area contributed by atoms with Crippen molar-refractivity contribution in [2.45, 2.75) is 25.0 Å². The van der Waals surface area contributed by atoms with Gasteiger partial charge in [-0.3, -0.25) is 31.6 Å². The number of carbonyl (C=O) groups excluding carboxylic acids is 1. The predicted molar refractivity (Wildman–Crippen MR) is 141 cm³/mol. The summed E-state index contributed by atoms with van der Waals surface area (Å²) in [5.41, 5.74) is 22.9. The molecule has 2 aliphatic rings. The van der Waals surface area contributed by atoms with Crippen LogP contribution in [0.4, 0.5) is 0 Å². The number of aryl methyl sites for hydroxylation is 1. The predicted octanol–water partition coefficient (Wildman–Crippen LogP) is 1.62. The van der Waals surface area contributed by atoms with Crippen LogP contribution >= 0.6 is 11.3 Å². The van der Waals surface area contributed by atoms with E-state index >= 15 is 0 Å². The lowest BCUT2D eigenvalue weighted by molar-refractivity contribution is 0.0300. The van der Waals surface area contributed by atoms with Crippen molar-refractivity contribution in [2.75, 3.05) is 20.3 Å². The zero-order chi connectivity index (χ0) is 26.6. The summed E-state index contributed by atoms with van der Waals surface area (Å²) in [6.07, 6.45) is 2.43. The Morgan fingerprint density at radius 1 is 1.24 bits per heavy atom. The Balaban J connectivity index is 1.55. The number of amides is 1. The van der Waals surface area contributed by atoms with Crippen LogP contribution in [0.15, 0.2) is 41.2 Å². The fourth-order valence-electron chi connectivity index (χ4n) is 5.04. The topological polar surface area (TPSA) is 162 Å². The summed E-state index contributed by atoms with van der Waals surface area (Å²) >= 11 is 1.53. The van der Waals surface area contributed by atoms with Crippen molar-refractivity contribution in [3.8, 4) is 39.7 Å². The molecule has 1 fully saturated rings. The van der Waals surface area contributed by atoms with Crippen molar-refractivity contribution in [3.05, 3.63) is 52.5 Å². The summed E-state index contributed by atoms with van der Waals surface area (Å²) in [4.78, 5) is 15.3. The van der Waals surface area contributed by atoms with Gasteiger partial charge in [-0.25, -0.2) is 4.68 Å². The highest BCUT2D eigenvalue weighted by Gasteiger charge is 2.41. The monoisotopic (exact) mass is 536 g/mol. The number of hydrogen-bond acceptors (Lipinski definition) is 10. The van der Waals surface area contributed by atoms with Crippen molar-refractivity contribution in [1.29, 1.82) is 0 Å². The smallest absolute Gasteiger partial charge is 0.278 e. The zero-order valence-electron chi connectivity index (χ0n) is 21.0. The Hall–Kier alpha value is -3.75. The van der Waals surface area contributed by atoms with Crippen molar-refractivity contribution in [1.82, 2.24) is 24.5 Å². The summed E-state index contributed by atoms with van der Waals surface area (Å²) in [6.45, 7) is 0.890. The number of fused-ring (bicyclic) bond motifs is 3. The molecule has 5 heterocycles. The first-order valence-corrected chi connectivity index (χ1v) is 13.0. The maximum Gasteiger partial charge on any atom is 0.278 e. The van der Waals surface area contributed by atoms with E-state index in [4.69, 9.17) is 36.5 Å². The molecule has 0 bridgehead atoms. The molecule has 198 valence electrons. The van der Waals surface area contributed by atoms with Gasteiger partial charge in [0.25, 0.3) is 5.91 Å². The molecule has 1 amide bonds. The molecule has 2 aliphatic heterocycles. The van der Waals surface area contributed by atoms with Gasteiger partial charge in [-0.15, -0.1) is 0 Å². The van der Waals surface area contributed by atoms with E-state index < -0.39 is 11.8 Å². The Morgan fingerprint density at radius 3 is 2.71 bits per heavy atom. The molecular weight excluding hydrogens is 508 g/mol. The van der Waals surface area contributed by atoms with E-state index in [-0.39, 0.29) is 18.3 Å². The molecule has 4 aromatic rings. The normalized spacial score (nSPS) is 16.6. The molecule has 12 nitrogen and oxygen atoms in total. The Morgan fingerprint density at radius 2 is 2.08 bits per heavy atom. The lowest BCUT2D eigenvalue weighted by Crippen LogP contribution is -2.73. The largest absolute Gasteiger partial charge is 0.496 e. The summed E-state index contributed by atoms with van der Waals surface area (Å²) in [5, 5.41) is 13.2. The summed E-state index contributed by atoms with van der Waals surface area (Å²) < 4.78 is 20.8. The quantitative estimate of drug-likeness (QED) is 0.311. The van der Waals surface area contributed by atoms with E-state index in [1.807, 2.05) is 48.3 Å². The van der Waals surface area contributed by atoms with Gasteiger partial charge >= 0.3 is 0 Å². The number of hydrogen-bond donors (Lipinski definition) is 3. The lowest BCUT2D eigenvalue weighted by Gasteiger charge is -2.38. The SMILES string of the molecule is COc1cc2c(cc1-c1ccn(C)n1)-c1c(c(C(=O)N(C3CCOC3)C(N)(N)N)nn1-c1ccsc1)CO2. The summed E-state index contributed by atoms with van der Waals surface area (Å²) in [5.74, 6) is -1.16. The third-order valence-corrected chi connectivity index (χ3v) is 7.43. The standard InChI is InChI=1S/C25H28N8O4S/c1-31-6-3-19(29-31)16-9-17-21(10-20(16)35-2)37-12-18-22(30-33(23(17)18)15-5-8-38-13-15)24(34)32(25(26,27)28)14-4-7-36-11-14/h3,5-6,8-10,13-14H,4,7,11-12,26-28H2,1-2H3. The van der Waals surface area contributed by atoms with Crippen molar-refractivity contribution >= 4 is 17.2 Å². The second-order valence-electron chi connectivity index (χ2n) is 9.36. The number of carbonyl (C=O) groups is 1. The maximum absolute atomic E-state index is 14.0. The van der Waals surface area contributed by atoms with Gasteiger partial charge in [0.1, 0.15) is 18.1 Å². The minimum Gasteiger partial charge on any atom is -0.496 e. The average Bonchev–Trinajstić information content (AvgIpc) is 3.69. The molecule has 1 atom stereocenters. The van der Waals surface area contributed by atoms with Crippen molar-refractivity contribution in [3.63, 3.8) is 0 Å². The minimum atomic E-state index is -1.90. The number of aromatic nitrogens is 4. The first kappa shape index (κ1) is 24.6. The van der Waals surface area contributed by atoms with Crippen LogP contribution in [-0.2, 0) is 18.4 Å². The highest BCUT2D eigenvalue weighted by atomic mass is 32.1. The van der Waals surface area contributed by atoms with Crippen LogP contribution in [-0.4, -0.2) is 62.6 Å². The van der Waals surface area contributed by atoms with Gasteiger partial charge in [0, 0.05) is 48.0 Å². The molecule has 0 saturated carbocycles. The second-order valence-corrected chi connectivity index (χ2v) is 10.1. The van der Waals surface area contributed by atoms with Crippen LogP contribution in [0.2, 0.25) is 0 Å². The molecule has 0 spiro atoms. The molecule has 1 aromatic carbocycles. The van der Waals surface area contributed by atoms with Gasteiger partial charge in [0.05, 0.1) is 36.8 Å². The average molecular weight is 537 g/mol. The van der Waals surface area contributed by atoms with Gasteiger partial charge < -0.3 is 14.2 Å². The molecule has 6 rings (SSSR count). The van der Waals surface area contributed by atoms with Gasteiger partial charge in [-0.05, 0) is 30.0 Å². The van der Waals surface area contributed by atoms with Crippen LogP contribution in [0.5, 0.6) is 11.5 Å². The van der Waals surface area contributed by atoms with E-state index in [1.165, 1.54) is 16.2 Å². The molecule has 0 radical (unpaired) electrons. The minimum absolute atomic E-state index is 0.112. The highest BCUT2D eigenvalue weighted by Crippen LogP contribution is 2.46. The first-order chi connectivity index (χ1) is 18.3. The molecule has 13 heteroatoms. The summed E-state index contributed by atoms with van der Waals surface area (Å²) in [7, 11) is 3.46. The fourth-order valence-corrected chi connectivity index (χ4v) is 5.66. The molecule has 0 aliphatic carbocycles. The number of nitrogens with two attached hydrogens (primary N) is 3. The van der Waals surface area contributed by atoms with E-state index in [2.05, 4.69) is 5.10 Å². The Kier molecular flexibility index (Phi) is 5.96. The van der Waals surface area contributed by atoms with Gasteiger partial charge in [-0.2, -0.15) is 21.5 Å². The van der Waals surface area contributed by atoms with Gasteiger partial charge in [0.2, 0.25) is 0 Å². The fraction of sp³-hybridized carbons (Fsp3) is 0.320. The number of benzene rings is 1. The molecule has 1 unspecified atom stereocenters. The Bertz CT molecular complexity index is 1500. The second kappa shape index (κ2) is 9.22. The third kappa shape index (κ3) is 4.04. The number of ether oxygens (including phenoxy) is 3. The highest BCUT2D eigenvalue weighted by molar-refractivity contribution is 7.08. The first-order valence-electron chi connectivity index (χ1n) is 12.0. The van der Waals surface area contributed by atoms with Crippen LogP contribution in [0.1, 0.15) is 22.5 Å². The number of thiophene rings is 1. The van der Waals surface area contributed by atoms with Gasteiger partial charge in [-0.1, -0.05) is 0 Å². The Labute approximate surface area is 222 Å². The lowest BCUT2D eigenvalue weighted by atomic mass is 9.97. The van der Waals surface area contributed by atoms with E-state index in [0.29, 0.717) is 36.7 Å². The number of rotatable bonds is 6. The molecule has 6 N–H and O–H groups in total. The van der Waals surface area contributed by atoms with Crippen LogP contribution in [0, 0.1) is 0 Å². The van der Waals surface area contributed by atoms with E-state index in [0.717, 1.165) is 28.2 Å². The molecule has 3 aromatic heterocycles. The third-order valence-electron chi connectivity index (χ3n) is 6.76. The number of methoxy groups -OCH3 is 1. The summed E-state index contributed by atoms with van der Waals surface area (Å²) in [6, 6.07) is 7.26. The van der Waals surface area contributed by atoms with E-state index in [9.17, 15) is 4.79 Å². The number of nitrogens with zero attached hydrogens (tertiary/aromatic N) is 5. The van der Waals surface area contributed by atoms with E-state index in [1.54, 1.807) is 16.5 Å². The van der Waals surface area contributed by atoms with Crippen molar-refractivity contribution < 1.29 is 19.0 Å². The molecule has 38 heavy (non-hydrogen) atoms. The molecular formula is C25H28N8O4S. The van der Waals surface area contributed by atoms with Crippen molar-refractivity contribution in [2.24, 2.45) is 24.2 Å². The van der Waals surface area contributed by atoms with Crippen LogP contribution in [0.25, 0.3) is 28.2 Å². The van der Waals surface area contributed by atoms with Crippen LogP contribution in [0.3, 0.4) is 0 Å². The maximum atomic E-state index is 14.0.